The molecule has 0 radical (unpaired) electrons. The van der Waals surface area contributed by atoms with Gasteiger partial charge >= 0.3 is 6.98 Å². The van der Waals surface area contributed by atoms with Crippen LogP contribution in [0.2, 0.25) is 6.32 Å². The van der Waals surface area contributed by atoms with Crippen LogP contribution in [0.4, 0.5) is 12.9 Å². The summed E-state index contributed by atoms with van der Waals surface area (Å²) in [5, 5.41) is 0. The zero-order chi connectivity index (χ0) is 10.7. The van der Waals surface area contributed by atoms with Crippen molar-refractivity contribution < 1.29 is 22.4 Å². The molecule has 1 rings (SSSR count). The summed E-state index contributed by atoms with van der Waals surface area (Å²) in [5.41, 5.74) is -0.731. The summed E-state index contributed by atoms with van der Waals surface area (Å²) in [5.74, 6) is 0. The molecule has 0 amide bonds. The standard InChI is InChI=1S/C8H15BF3O2/c1-13-7-8(6-9(10,11)12)2-4-14-5-3-8/h2-7H2,1H3/q-1. The number of halogens is 3. The fourth-order valence-corrected chi connectivity index (χ4v) is 2.01. The molecule has 0 bridgehead atoms. The van der Waals surface area contributed by atoms with Gasteiger partial charge in [0.15, 0.2) is 0 Å². The lowest BCUT2D eigenvalue weighted by molar-refractivity contribution is -0.0207. The first-order valence-electron chi connectivity index (χ1n) is 4.75. The molecule has 1 aliphatic heterocycles. The van der Waals surface area contributed by atoms with E-state index >= 15 is 0 Å². The molecule has 0 aromatic rings. The maximum Gasteiger partial charge on any atom is 0.478 e. The second-order valence-electron chi connectivity index (χ2n) is 3.96. The van der Waals surface area contributed by atoms with Gasteiger partial charge in [-0.15, -0.1) is 0 Å². The van der Waals surface area contributed by atoms with E-state index in [4.69, 9.17) is 9.47 Å². The molecule has 0 aliphatic carbocycles. The number of rotatable bonds is 4. The lowest BCUT2D eigenvalue weighted by Gasteiger charge is -2.40. The van der Waals surface area contributed by atoms with Crippen LogP contribution in [0, 0.1) is 5.41 Å². The van der Waals surface area contributed by atoms with E-state index in [1.54, 1.807) is 0 Å². The molecule has 0 atom stereocenters. The number of ether oxygens (including phenoxy) is 2. The highest BCUT2D eigenvalue weighted by molar-refractivity contribution is 6.58. The van der Waals surface area contributed by atoms with Gasteiger partial charge in [-0.2, -0.15) is 0 Å². The summed E-state index contributed by atoms with van der Waals surface area (Å²) in [6.45, 7) is -3.73. The highest BCUT2D eigenvalue weighted by Crippen LogP contribution is 2.40. The molecule has 1 heterocycles. The molecule has 1 aliphatic rings. The predicted octanol–water partition coefficient (Wildman–Crippen LogP) is 2.28. The van der Waals surface area contributed by atoms with E-state index in [-0.39, 0.29) is 6.61 Å². The lowest BCUT2D eigenvalue weighted by atomic mass is 9.65. The van der Waals surface area contributed by atoms with Crippen molar-refractivity contribution in [1.29, 1.82) is 0 Å². The van der Waals surface area contributed by atoms with Crippen LogP contribution in [-0.4, -0.2) is 33.9 Å². The van der Waals surface area contributed by atoms with Crippen LogP contribution in [-0.2, 0) is 9.47 Å². The Balaban J connectivity index is 2.60. The van der Waals surface area contributed by atoms with Crippen molar-refractivity contribution in [2.75, 3.05) is 26.9 Å². The van der Waals surface area contributed by atoms with Gasteiger partial charge in [0.25, 0.3) is 0 Å². The van der Waals surface area contributed by atoms with E-state index in [1.165, 1.54) is 7.11 Å². The number of hydrogen-bond acceptors (Lipinski definition) is 2. The van der Waals surface area contributed by atoms with Crippen molar-refractivity contribution in [1.82, 2.24) is 0 Å². The van der Waals surface area contributed by atoms with Gasteiger partial charge in [-0.3, -0.25) is 0 Å². The van der Waals surface area contributed by atoms with Gasteiger partial charge < -0.3 is 22.4 Å². The van der Waals surface area contributed by atoms with Crippen LogP contribution in [0.15, 0.2) is 0 Å². The van der Waals surface area contributed by atoms with Gasteiger partial charge in [0.05, 0.1) is 0 Å². The van der Waals surface area contributed by atoms with Crippen molar-refractivity contribution in [3.63, 3.8) is 0 Å². The molecule has 2 nitrogen and oxygen atoms in total. The minimum absolute atomic E-state index is 0.178. The average molecular weight is 211 g/mol. The van der Waals surface area contributed by atoms with Crippen molar-refractivity contribution >= 4 is 6.98 Å². The Kier molecular flexibility index (Phi) is 3.83. The Bertz CT molecular complexity index is 172. The first kappa shape index (κ1) is 11.8. The second-order valence-corrected chi connectivity index (χ2v) is 3.96. The van der Waals surface area contributed by atoms with E-state index in [1.807, 2.05) is 0 Å². The van der Waals surface area contributed by atoms with Crippen LogP contribution in [0.1, 0.15) is 12.8 Å². The van der Waals surface area contributed by atoms with Gasteiger partial charge in [0, 0.05) is 26.9 Å². The summed E-state index contributed by atoms with van der Waals surface area (Å²) in [7, 11) is 1.45. The SMILES string of the molecule is COCC1(C[B-](F)(F)F)CCOCC1. The van der Waals surface area contributed by atoms with Gasteiger partial charge in [-0.25, -0.2) is 0 Å². The first-order chi connectivity index (χ1) is 6.47. The topological polar surface area (TPSA) is 18.5 Å². The van der Waals surface area contributed by atoms with Crippen LogP contribution >= 0.6 is 0 Å². The zero-order valence-electron chi connectivity index (χ0n) is 8.27. The van der Waals surface area contributed by atoms with Gasteiger partial charge in [0.1, 0.15) is 0 Å². The molecule has 0 aromatic heterocycles. The molecule has 1 fully saturated rings. The normalized spacial score (nSPS) is 22.3. The van der Waals surface area contributed by atoms with Crippen molar-refractivity contribution in [2.24, 2.45) is 5.41 Å². The van der Waals surface area contributed by atoms with E-state index < -0.39 is 18.7 Å². The van der Waals surface area contributed by atoms with E-state index in [2.05, 4.69) is 0 Å². The van der Waals surface area contributed by atoms with Crippen LogP contribution in [0.5, 0.6) is 0 Å². The van der Waals surface area contributed by atoms with Crippen LogP contribution in [0.3, 0.4) is 0 Å². The summed E-state index contributed by atoms with van der Waals surface area (Å²) in [6.07, 6.45) is 0.189. The second kappa shape index (κ2) is 4.53. The molecular formula is C8H15BF3O2-. The summed E-state index contributed by atoms with van der Waals surface area (Å²) in [6, 6.07) is 0. The molecule has 0 spiro atoms. The molecule has 84 valence electrons. The Hall–Kier alpha value is -0.225. The van der Waals surface area contributed by atoms with Crippen molar-refractivity contribution in [3.8, 4) is 0 Å². The average Bonchev–Trinajstić information content (AvgIpc) is 2.02. The van der Waals surface area contributed by atoms with Gasteiger partial charge in [0.2, 0.25) is 0 Å². The summed E-state index contributed by atoms with van der Waals surface area (Å²) in [4.78, 5) is 0. The van der Waals surface area contributed by atoms with Gasteiger partial charge in [-0.05, 0) is 18.3 Å². The largest absolute Gasteiger partial charge is 0.478 e. The highest BCUT2D eigenvalue weighted by atomic mass is 19.4. The maximum atomic E-state index is 12.4. The third-order valence-corrected chi connectivity index (χ3v) is 2.67. The molecular weight excluding hydrogens is 196 g/mol. The molecule has 14 heavy (non-hydrogen) atoms. The third kappa shape index (κ3) is 3.50. The van der Waals surface area contributed by atoms with Crippen LogP contribution in [0.25, 0.3) is 0 Å². The Morgan fingerprint density at radius 1 is 1.29 bits per heavy atom. The Morgan fingerprint density at radius 2 is 1.86 bits per heavy atom. The van der Waals surface area contributed by atoms with E-state index in [9.17, 15) is 12.9 Å². The molecule has 0 saturated carbocycles. The first-order valence-corrected chi connectivity index (χ1v) is 4.75. The number of hydrogen-bond donors (Lipinski definition) is 0. The molecule has 0 aromatic carbocycles. The lowest BCUT2D eigenvalue weighted by Crippen LogP contribution is -2.39. The fraction of sp³-hybridized carbons (Fsp3) is 1.00. The van der Waals surface area contributed by atoms with Crippen molar-refractivity contribution in [2.45, 2.75) is 19.2 Å². The fourth-order valence-electron chi connectivity index (χ4n) is 2.01. The minimum Gasteiger partial charge on any atom is -0.449 e. The third-order valence-electron chi connectivity index (χ3n) is 2.67. The molecule has 0 unspecified atom stereocenters. The van der Waals surface area contributed by atoms with E-state index in [0.717, 1.165) is 0 Å². The smallest absolute Gasteiger partial charge is 0.449 e. The quantitative estimate of drug-likeness (QED) is 0.664. The Morgan fingerprint density at radius 3 is 2.29 bits per heavy atom. The predicted molar refractivity (Wildman–Crippen MR) is 48.2 cm³/mol. The monoisotopic (exact) mass is 211 g/mol. The van der Waals surface area contributed by atoms with Crippen molar-refractivity contribution in [3.05, 3.63) is 0 Å². The minimum atomic E-state index is -4.73. The number of methoxy groups -OCH3 is 1. The molecule has 6 heteroatoms. The molecule has 0 N–H and O–H groups in total. The summed E-state index contributed by atoms with van der Waals surface area (Å²) >= 11 is 0. The van der Waals surface area contributed by atoms with Gasteiger partial charge in [-0.1, -0.05) is 6.32 Å². The maximum absolute atomic E-state index is 12.4. The Labute approximate surface area is 81.8 Å². The van der Waals surface area contributed by atoms with Crippen LogP contribution < -0.4 is 0 Å². The molecule has 1 saturated heterocycles. The highest BCUT2D eigenvalue weighted by Gasteiger charge is 2.39. The zero-order valence-corrected chi connectivity index (χ0v) is 8.27. The summed E-state index contributed by atoms with van der Waals surface area (Å²) < 4.78 is 47.1. The van der Waals surface area contributed by atoms with E-state index in [0.29, 0.717) is 26.1 Å².